The lowest BCUT2D eigenvalue weighted by atomic mass is 10.1. The summed E-state index contributed by atoms with van der Waals surface area (Å²) >= 11 is 4.67. The number of carbonyl (C=O) groups excluding carboxylic acids is 1. The number of halogens is 1. The molecule has 1 N–H and O–H groups in total. The lowest BCUT2D eigenvalue weighted by Crippen LogP contribution is -2.23. The van der Waals surface area contributed by atoms with E-state index in [4.69, 9.17) is 4.98 Å². The summed E-state index contributed by atoms with van der Waals surface area (Å²) in [6, 6.07) is 20.6. The van der Waals surface area contributed by atoms with Crippen LogP contribution in [-0.4, -0.2) is 21.2 Å². The van der Waals surface area contributed by atoms with E-state index in [-0.39, 0.29) is 17.2 Å². The van der Waals surface area contributed by atoms with Gasteiger partial charge in [-0.1, -0.05) is 42.1 Å². The molecule has 5 nitrogen and oxygen atoms in total. The molecule has 0 aliphatic rings. The molecule has 0 unspecified atom stereocenters. The molecule has 31 heavy (non-hydrogen) atoms. The number of hydrogen-bond acceptors (Lipinski definition) is 4. The number of fused-ring (bicyclic) bond motifs is 1. The number of thioether (sulfide) groups is 1. The van der Waals surface area contributed by atoms with Crippen LogP contribution in [-0.2, 0) is 4.79 Å². The van der Waals surface area contributed by atoms with Crippen LogP contribution in [0, 0.1) is 13.8 Å². The van der Waals surface area contributed by atoms with Gasteiger partial charge in [-0.15, -0.1) is 0 Å². The molecule has 0 radical (unpaired) electrons. The Morgan fingerprint density at radius 2 is 1.77 bits per heavy atom. The molecule has 4 aromatic rings. The summed E-state index contributed by atoms with van der Waals surface area (Å²) in [6.07, 6.45) is 0. The lowest BCUT2D eigenvalue weighted by molar-refractivity contribution is -0.113. The number of amides is 1. The third-order valence-electron chi connectivity index (χ3n) is 4.97. The number of aromatic nitrogens is 2. The van der Waals surface area contributed by atoms with E-state index < -0.39 is 0 Å². The second kappa shape index (κ2) is 9.08. The number of carbonyl (C=O) groups is 1. The van der Waals surface area contributed by atoms with Gasteiger partial charge in [0.25, 0.3) is 5.56 Å². The van der Waals surface area contributed by atoms with Gasteiger partial charge in [-0.25, -0.2) is 4.98 Å². The zero-order chi connectivity index (χ0) is 22.0. The van der Waals surface area contributed by atoms with Crippen molar-refractivity contribution < 1.29 is 4.79 Å². The summed E-state index contributed by atoms with van der Waals surface area (Å²) in [5.74, 6) is -0.0531. The number of aryl methyl sites for hydroxylation is 2. The zero-order valence-corrected chi connectivity index (χ0v) is 19.5. The number of nitrogens with zero attached hydrogens (tertiary/aromatic N) is 2. The molecule has 0 aliphatic carbocycles. The van der Waals surface area contributed by atoms with Gasteiger partial charge in [-0.2, -0.15) is 0 Å². The van der Waals surface area contributed by atoms with E-state index in [1.165, 1.54) is 11.8 Å². The highest BCUT2D eigenvalue weighted by molar-refractivity contribution is 9.10. The first kappa shape index (κ1) is 21.3. The quantitative estimate of drug-likeness (QED) is 0.294. The van der Waals surface area contributed by atoms with E-state index in [9.17, 15) is 9.59 Å². The van der Waals surface area contributed by atoms with Gasteiger partial charge >= 0.3 is 0 Å². The molecule has 0 atom stereocenters. The molecule has 1 aromatic heterocycles. The Morgan fingerprint density at radius 1 is 1.03 bits per heavy atom. The fraction of sp³-hybridized carbons (Fsp3) is 0.125. The first-order valence-corrected chi connectivity index (χ1v) is 11.5. The molecule has 0 bridgehead atoms. The molecule has 1 amide bonds. The van der Waals surface area contributed by atoms with Crippen LogP contribution < -0.4 is 10.9 Å². The molecule has 0 spiro atoms. The molecule has 0 saturated carbocycles. The van der Waals surface area contributed by atoms with Crippen molar-refractivity contribution in [3.63, 3.8) is 0 Å². The summed E-state index contributed by atoms with van der Waals surface area (Å²) in [7, 11) is 0. The Morgan fingerprint density at radius 3 is 2.55 bits per heavy atom. The standard InChI is InChI=1S/C24H20BrN3O2S/c1-15-11-12-17(13-16(15)2)28-23(30)18-7-3-5-9-20(18)27-24(28)31-14-22(29)26-21-10-6-4-8-19(21)25/h3-13H,14H2,1-2H3,(H,26,29). The smallest absolute Gasteiger partial charge is 0.266 e. The molecule has 0 fully saturated rings. The van der Waals surface area contributed by atoms with Gasteiger partial charge in [0.05, 0.1) is 28.0 Å². The minimum absolute atomic E-state index is 0.122. The molecular formula is C24H20BrN3O2S. The number of anilines is 1. The average Bonchev–Trinajstić information content (AvgIpc) is 2.76. The van der Waals surface area contributed by atoms with Crippen LogP contribution in [0.1, 0.15) is 11.1 Å². The van der Waals surface area contributed by atoms with Crippen molar-refractivity contribution in [2.24, 2.45) is 0 Å². The van der Waals surface area contributed by atoms with E-state index in [1.807, 2.05) is 74.5 Å². The van der Waals surface area contributed by atoms with Gasteiger partial charge in [0.2, 0.25) is 5.91 Å². The summed E-state index contributed by atoms with van der Waals surface area (Å²) in [5.41, 5.74) is 4.13. The monoisotopic (exact) mass is 493 g/mol. The Bertz CT molecular complexity index is 1350. The van der Waals surface area contributed by atoms with Crippen LogP contribution >= 0.6 is 27.7 Å². The lowest BCUT2D eigenvalue weighted by Gasteiger charge is -2.14. The third-order valence-corrected chi connectivity index (χ3v) is 6.60. The molecule has 0 aliphatic heterocycles. The molecule has 1 heterocycles. The Hall–Kier alpha value is -2.90. The second-order valence-electron chi connectivity index (χ2n) is 7.14. The van der Waals surface area contributed by atoms with E-state index >= 15 is 0 Å². The maximum Gasteiger partial charge on any atom is 0.266 e. The largest absolute Gasteiger partial charge is 0.324 e. The third kappa shape index (κ3) is 4.57. The van der Waals surface area contributed by atoms with Gasteiger partial charge in [-0.3, -0.25) is 14.2 Å². The molecule has 3 aromatic carbocycles. The first-order valence-electron chi connectivity index (χ1n) is 9.70. The molecule has 4 rings (SSSR count). The molecular weight excluding hydrogens is 474 g/mol. The maximum absolute atomic E-state index is 13.3. The average molecular weight is 494 g/mol. The molecule has 7 heteroatoms. The van der Waals surface area contributed by atoms with E-state index in [2.05, 4.69) is 21.2 Å². The van der Waals surface area contributed by atoms with Crippen molar-refractivity contribution in [1.29, 1.82) is 0 Å². The minimum Gasteiger partial charge on any atom is -0.324 e. The van der Waals surface area contributed by atoms with E-state index in [0.717, 1.165) is 21.3 Å². The topological polar surface area (TPSA) is 64.0 Å². The SMILES string of the molecule is Cc1ccc(-n2c(SCC(=O)Nc3ccccc3Br)nc3ccccc3c2=O)cc1C. The first-order chi connectivity index (χ1) is 14.9. The van der Waals surface area contributed by atoms with Crippen molar-refractivity contribution in [2.45, 2.75) is 19.0 Å². The Labute approximate surface area is 192 Å². The van der Waals surface area contributed by atoms with Gasteiger partial charge in [-0.05, 0) is 77.3 Å². The Balaban J connectivity index is 1.70. The van der Waals surface area contributed by atoms with Crippen LogP contribution in [0.3, 0.4) is 0 Å². The highest BCUT2D eigenvalue weighted by Gasteiger charge is 2.15. The number of hydrogen-bond donors (Lipinski definition) is 1. The van der Waals surface area contributed by atoms with Crippen molar-refractivity contribution in [3.05, 3.63) is 92.7 Å². The van der Waals surface area contributed by atoms with Gasteiger partial charge < -0.3 is 5.32 Å². The van der Waals surface area contributed by atoms with Crippen molar-refractivity contribution in [3.8, 4) is 5.69 Å². The summed E-state index contributed by atoms with van der Waals surface area (Å²) < 4.78 is 2.40. The molecule has 156 valence electrons. The maximum atomic E-state index is 13.3. The zero-order valence-electron chi connectivity index (χ0n) is 17.1. The summed E-state index contributed by atoms with van der Waals surface area (Å²) in [6.45, 7) is 4.04. The highest BCUT2D eigenvalue weighted by Crippen LogP contribution is 2.24. The number of rotatable bonds is 5. The number of nitrogens with one attached hydrogen (secondary N) is 1. The van der Waals surface area contributed by atoms with Crippen molar-refractivity contribution in [2.75, 3.05) is 11.1 Å². The van der Waals surface area contributed by atoms with Crippen LogP contribution in [0.15, 0.2) is 81.2 Å². The summed E-state index contributed by atoms with van der Waals surface area (Å²) in [4.78, 5) is 30.6. The van der Waals surface area contributed by atoms with Crippen LogP contribution in [0.2, 0.25) is 0 Å². The predicted octanol–water partition coefficient (Wildman–Crippen LogP) is 5.50. The normalized spacial score (nSPS) is 10.9. The second-order valence-corrected chi connectivity index (χ2v) is 8.93. The number of para-hydroxylation sites is 2. The van der Waals surface area contributed by atoms with Crippen LogP contribution in [0.25, 0.3) is 16.6 Å². The Kier molecular flexibility index (Phi) is 6.25. The van der Waals surface area contributed by atoms with E-state index in [1.54, 1.807) is 10.6 Å². The van der Waals surface area contributed by atoms with Crippen LogP contribution in [0.4, 0.5) is 5.69 Å². The fourth-order valence-corrected chi connectivity index (χ4v) is 4.38. The summed E-state index contributed by atoms with van der Waals surface area (Å²) in [5, 5.41) is 3.91. The molecule has 0 saturated heterocycles. The van der Waals surface area contributed by atoms with Gasteiger partial charge in [0.15, 0.2) is 5.16 Å². The van der Waals surface area contributed by atoms with Crippen LogP contribution in [0.5, 0.6) is 0 Å². The van der Waals surface area contributed by atoms with Crippen molar-refractivity contribution in [1.82, 2.24) is 9.55 Å². The van der Waals surface area contributed by atoms with Gasteiger partial charge in [0, 0.05) is 4.47 Å². The van der Waals surface area contributed by atoms with E-state index in [0.29, 0.717) is 21.7 Å². The van der Waals surface area contributed by atoms with Crippen molar-refractivity contribution >= 4 is 50.2 Å². The highest BCUT2D eigenvalue weighted by atomic mass is 79.9. The van der Waals surface area contributed by atoms with Gasteiger partial charge in [0.1, 0.15) is 0 Å². The minimum atomic E-state index is -0.175. The predicted molar refractivity (Wildman–Crippen MR) is 130 cm³/mol. The number of benzene rings is 3. The fourth-order valence-electron chi connectivity index (χ4n) is 3.18.